The van der Waals surface area contributed by atoms with Crippen LogP contribution in [0.15, 0.2) is 103 Å². The minimum Gasteiger partial charge on any atom is -0.397 e. The average molecular weight is 364 g/mol. The van der Waals surface area contributed by atoms with Gasteiger partial charge in [-0.25, -0.2) is 0 Å². The van der Waals surface area contributed by atoms with Gasteiger partial charge < -0.3 is 11.1 Å². The number of benzene rings is 4. The lowest BCUT2D eigenvalue weighted by Crippen LogP contribution is -2.01. The molecule has 4 rings (SSSR count). The van der Waals surface area contributed by atoms with E-state index < -0.39 is 0 Å². The molecule has 4 aromatic rings. The molecule has 0 heterocycles. The van der Waals surface area contributed by atoms with Crippen molar-refractivity contribution < 1.29 is 4.79 Å². The van der Waals surface area contributed by atoms with E-state index in [9.17, 15) is 4.79 Å². The molecule has 0 unspecified atom stereocenters. The molecular weight excluding hydrogens is 344 g/mol. The second kappa shape index (κ2) is 7.80. The summed E-state index contributed by atoms with van der Waals surface area (Å²) in [6.07, 6.45) is 0. The molecule has 0 saturated carbocycles. The first-order chi connectivity index (χ1) is 13.7. The van der Waals surface area contributed by atoms with Gasteiger partial charge in [-0.15, -0.1) is 0 Å². The van der Waals surface area contributed by atoms with Crippen LogP contribution < -0.4 is 11.1 Å². The normalized spacial score (nSPS) is 10.4. The van der Waals surface area contributed by atoms with Crippen LogP contribution in [-0.4, -0.2) is 5.78 Å². The molecule has 0 aromatic heterocycles. The largest absolute Gasteiger partial charge is 0.397 e. The summed E-state index contributed by atoms with van der Waals surface area (Å²) in [5, 5.41) is 3.27. The Morgan fingerprint density at radius 2 is 1.14 bits per heavy atom. The van der Waals surface area contributed by atoms with Crippen LogP contribution in [0.3, 0.4) is 0 Å². The molecule has 0 aliphatic rings. The van der Waals surface area contributed by atoms with E-state index in [0.717, 1.165) is 22.5 Å². The van der Waals surface area contributed by atoms with Gasteiger partial charge in [0, 0.05) is 16.8 Å². The van der Waals surface area contributed by atoms with Crippen LogP contribution in [-0.2, 0) is 0 Å². The minimum absolute atomic E-state index is 0.00499. The standard InChI is InChI=1S/C25H20N2O/c26-23-8-4-5-9-24(23)27-22-16-14-21(15-17-22)25(28)20-12-10-19(11-13-20)18-6-2-1-3-7-18/h1-17,27H,26H2. The van der Waals surface area contributed by atoms with Crippen LogP contribution in [0.25, 0.3) is 11.1 Å². The van der Waals surface area contributed by atoms with Gasteiger partial charge in [-0.2, -0.15) is 0 Å². The maximum Gasteiger partial charge on any atom is 0.193 e. The Labute approximate surface area is 164 Å². The van der Waals surface area contributed by atoms with Crippen LogP contribution >= 0.6 is 0 Å². The minimum atomic E-state index is 0.00499. The molecule has 4 aromatic carbocycles. The third-order valence-electron chi connectivity index (χ3n) is 4.64. The number of para-hydroxylation sites is 2. The van der Waals surface area contributed by atoms with E-state index >= 15 is 0 Å². The molecule has 0 fully saturated rings. The number of nitrogens with one attached hydrogen (secondary N) is 1. The number of hydrogen-bond donors (Lipinski definition) is 2. The molecule has 0 bridgehead atoms. The molecule has 3 nitrogen and oxygen atoms in total. The topological polar surface area (TPSA) is 55.1 Å². The number of ketones is 1. The van der Waals surface area contributed by atoms with E-state index in [1.165, 1.54) is 0 Å². The number of nitrogens with two attached hydrogens (primary N) is 1. The first kappa shape index (κ1) is 17.6. The van der Waals surface area contributed by atoms with Gasteiger partial charge in [-0.3, -0.25) is 4.79 Å². The number of nitrogen functional groups attached to an aromatic ring is 1. The second-order valence-electron chi connectivity index (χ2n) is 6.56. The number of anilines is 3. The van der Waals surface area contributed by atoms with Gasteiger partial charge in [0.1, 0.15) is 0 Å². The number of rotatable bonds is 5. The van der Waals surface area contributed by atoms with Crippen LogP contribution in [0.2, 0.25) is 0 Å². The first-order valence-corrected chi connectivity index (χ1v) is 9.12. The lowest BCUT2D eigenvalue weighted by molar-refractivity contribution is 0.103. The smallest absolute Gasteiger partial charge is 0.193 e. The summed E-state index contributed by atoms with van der Waals surface area (Å²) in [5.41, 5.74) is 11.9. The fraction of sp³-hybridized carbons (Fsp3) is 0. The Morgan fingerprint density at radius 1 is 0.607 bits per heavy atom. The predicted molar refractivity (Wildman–Crippen MR) is 116 cm³/mol. The van der Waals surface area contributed by atoms with Gasteiger partial charge in [-0.1, -0.05) is 66.7 Å². The summed E-state index contributed by atoms with van der Waals surface area (Å²) >= 11 is 0. The molecule has 3 N–H and O–H groups in total. The molecule has 0 radical (unpaired) electrons. The Bertz CT molecular complexity index is 1090. The molecule has 0 amide bonds. The fourth-order valence-electron chi connectivity index (χ4n) is 3.08. The zero-order valence-corrected chi connectivity index (χ0v) is 15.3. The maximum atomic E-state index is 12.8. The molecule has 0 aliphatic heterocycles. The number of hydrogen-bond acceptors (Lipinski definition) is 3. The van der Waals surface area contributed by atoms with Crippen molar-refractivity contribution in [2.45, 2.75) is 0 Å². The summed E-state index contributed by atoms with van der Waals surface area (Å²) < 4.78 is 0. The van der Waals surface area contributed by atoms with E-state index in [1.54, 1.807) is 0 Å². The highest BCUT2D eigenvalue weighted by molar-refractivity contribution is 6.09. The van der Waals surface area contributed by atoms with E-state index in [2.05, 4.69) is 17.4 Å². The van der Waals surface area contributed by atoms with Crippen LogP contribution in [0.4, 0.5) is 17.1 Å². The van der Waals surface area contributed by atoms with Crippen LogP contribution in [0.1, 0.15) is 15.9 Å². The van der Waals surface area contributed by atoms with Gasteiger partial charge in [0.15, 0.2) is 5.78 Å². The molecule has 0 aliphatic carbocycles. The first-order valence-electron chi connectivity index (χ1n) is 9.12. The molecule has 0 atom stereocenters. The molecule has 136 valence electrons. The lowest BCUT2D eigenvalue weighted by Gasteiger charge is -2.10. The molecule has 28 heavy (non-hydrogen) atoms. The summed E-state index contributed by atoms with van der Waals surface area (Å²) in [5.74, 6) is 0.00499. The number of carbonyl (C=O) groups is 1. The molecule has 0 spiro atoms. The van der Waals surface area contributed by atoms with Crippen molar-refractivity contribution in [1.29, 1.82) is 0 Å². The van der Waals surface area contributed by atoms with E-state index in [0.29, 0.717) is 16.8 Å². The predicted octanol–water partition coefficient (Wildman–Crippen LogP) is 5.91. The van der Waals surface area contributed by atoms with E-state index in [1.807, 2.05) is 91.0 Å². The average Bonchev–Trinajstić information content (AvgIpc) is 2.76. The summed E-state index contributed by atoms with van der Waals surface area (Å²) in [6.45, 7) is 0. The summed E-state index contributed by atoms with van der Waals surface area (Å²) in [7, 11) is 0. The van der Waals surface area contributed by atoms with Crippen molar-refractivity contribution >= 4 is 22.8 Å². The van der Waals surface area contributed by atoms with Gasteiger partial charge in [0.05, 0.1) is 11.4 Å². The Morgan fingerprint density at radius 3 is 1.79 bits per heavy atom. The highest BCUT2D eigenvalue weighted by Crippen LogP contribution is 2.24. The van der Waals surface area contributed by atoms with Gasteiger partial charge in [-0.05, 0) is 47.5 Å². The Hall–Kier alpha value is -3.85. The van der Waals surface area contributed by atoms with Crippen LogP contribution in [0, 0.1) is 0 Å². The van der Waals surface area contributed by atoms with Gasteiger partial charge >= 0.3 is 0 Å². The summed E-state index contributed by atoms with van der Waals surface area (Å²) in [4.78, 5) is 12.8. The zero-order valence-electron chi connectivity index (χ0n) is 15.3. The lowest BCUT2D eigenvalue weighted by atomic mass is 9.99. The molecule has 3 heteroatoms. The monoisotopic (exact) mass is 364 g/mol. The molecule has 0 saturated heterocycles. The van der Waals surface area contributed by atoms with Crippen molar-refractivity contribution in [3.63, 3.8) is 0 Å². The third kappa shape index (κ3) is 3.79. The van der Waals surface area contributed by atoms with Crippen LogP contribution in [0.5, 0.6) is 0 Å². The van der Waals surface area contributed by atoms with Gasteiger partial charge in [0.2, 0.25) is 0 Å². The number of carbonyl (C=O) groups excluding carboxylic acids is 1. The molecular formula is C25H20N2O. The second-order valence-corrected chi connectivity index (χ2v) is 6.56. The maximum absolute atomic E-state index is 12.8. The summed E-state index contributed by atoms with van der Waals surface area (Å²) in [6, 6.07) is 32.9. The van der Waals surface area contributed by atoms with Crippen molar-refractivity contribution in [2.24, 2.45) is 0 Å². The fourth-order valence-corrected chi connectivity index (χ4v) is 3.08. The Balaban J connectivity index is 1.50. The quantitative estimate of drug-likeness (QED) is 0.342. The third-order valence-corrected chi connectivity index (χ3v) is 4.64. The van der Waals surface area contributed by atoms with Crippen molar-refractivity contribution in [1.82, 2.24) is 0 Å². The van der Waals surface area contributed by atoms with Crippen molar-refractivity contribution in [3.8, 4) is 11.1 Å². The van der Waals surface area contributed by atoms with E-state index in [4.69, 9.17) is 5.73 Å². The van der Waals surface area contributed by atoms with Crippen molar-refractivity contribution in [3.05, 3.63) is 114 Å². The Kier molecular flexibility index (Phi) is 4.89. The zero-order chi connectivity index (χ0) is 19.3. The van der Waals surface area contributed by atoms with E-state index in [-0.39, 0.29) is 5.78 Å². The SMILES string of the molecule is Nc1ccccc1Nc1ccc(C(=O)c2ccc(-c3ccccc3)cc2)cc1. The van der Waals surface area contributed by atoms with Crippen molar-refractivity contribution in [2.75, 3.05) is 11.1 Å². The highest BCUT2D eigenvalue weighted by atomic mass is 16.1. The highest BCUT2D eigenvalue weighted by Gasteiger charge is 2.09. The van der Waals surface area contributed by atoms with Gasteiger partial charge in [0.25, 0.3) is 0 Å².